The normalized spacial score (nSPS) is 23.3. The molecular weight excluding hydrogens is 402 g/mol. The maximum Gasteiger partial charge on any atom is 0.235 e. The summed E-state index contributed by atoms with van der Waals surface area (Å²) in [6.45, 7) is 6.00. The predicted molar refractivity (Wildman–Crippen MR) is 120 cm³/mol. The van der Waals surface area contributed by atoms with Crippen LogP contribution in [-0.4, -0.2) is 25.3 Å². The van der Waals surface area contributed by atoms with Crippen molar-refractivity contribution in [3.05, 3.63) is 40.6 Å². The summed E-state index contributed by atoms with van der Waals surface area (Å²) < 4.78 is 8.08. The third-order valence-electron chi connectivity index (χ3n) is 6.71. The Kier molecular flexibility index (Phi) is 4.25. The van der Waals surface area contributed by atoms with Gasteiger partial charge < -0.3 is 10.1 Å². The standard InChI is InChI=1S/C24H23N7O/c1-14-8-17(6-5-7-25)15(2)16(3)19(14)32-21-18-9-31(4)30-20(18)27-22(28-21)29-24-10-23(11-24,12-24)13-26/h5-6,8-9H,10-12H2,1-4H3,(H,27,29,30)/b6-5+. The van der Waals surface area contributed by atoms with Gasteiger partial charge >= 0.3 is 0 Å². The maximum atomic E-state index is 9.30. The summed E-state index contributed by atoms with van der Waals surface area (Å²) in [5.74, 6) is 1.65. The molecular formula is C24H23N7O. The molecule has 0 atom stereocenters. The summed E-state index contributed by atoms with van der Waals surface area (Å²) in [7, 11) is 1.84. The molecule has 0 aliphatic heterocycles. The smallest absolute Gasteiger partial charge is 0.235 e. The summed E-state index contributed by atoms with van der Waals surface area (Å²) in [6.07, 6.45) is 7.61. The van der Waals surface area contributed by atoms with Gasteiger partial charge in [-0.1, -0.05) is 0 Å². The van der Waals surface area contributed by atoms with Crippen LogP contribution in [0.1, 0.15) is 41.5 Å². The van der Waals surface area contributed by atoms with Crippen LogP contribution < -0.4 is 10.1 Å². The molecule has 6 rings (SSSR count). The first kappa shape index (κ1) is 20.0. The second-order valence-electron chi connectivity index (χ2n) is 9.15. The van der Waals surface area contributed by atoms with E-state index in [0.717, 1.165) is 52.7 Å². The van der Waals surface area contributed by atoms with Crippen LogP contribution >= 0.6 is 0 Å². The summed E-state index contributed by atoms with van der Waals surface area (Å²) in [4.78, 5) is 9.29. The molecule has 3 aromatic rings. The Morgan fingerprint density at radius 2 is 1.91 bits per heavy atom. The highest BCUT2D eigenvalue weighted by Gasteiger charge is 2.69. The molecule has 0 radical (unpaired) electrons. The maximum absolute atomic E-state index is 9.30. The van der Waals surface area contributed by atoms with Crippen LogP contribution in [0.2, 0.25) is 0 Å². The van der Waals surface area contributed by atoms with Crippen molar-refractivity contribution in [2.24, 2.45) is 12.5 Å². The Morgan fingerprint density at radius 3 is 2.59 bits per heavy atom. The van der Waals surface area contributed by atoms with Crippen molar-refractivity contribution in [1.29, 1.82) is 10.5 Å². The molecule has 3 aliphatic rings. The van der Waals surface area contributed by atoms with Crippen LogP contribution in [0.15, 0.2) is 18.3 Å². The Hall–Kier alpha value is -3.91. The van der Waals surface area contributed by atoms with Gasteiger partial charge in [0.2, 0.25) is 11.8 Å². The molecule has 160 valence electrons. The minimum absolute atomic E-state index is 0.0907. The number of hydrogen-bond donors (Lipinski definition) is 1. The van der Waals surface area contributed by atoms with E-state index in [2.05, 4.69) is 21.5 Å². The second-order valence-corrected chi connectivity index (χ2v) is 9.15. The van der Waals surface area contributed by atoms with Gasteiger partial charge in [-0.3, -0.25) is 4.68 Å². The van der Waals surface area contributed by atoms with E-state index in [1.165, 1.54) is 6.08 Å². The molecule has 32 heavy (non-hydrogen) atoms. The summed E-state index contributed by atoms with van der Waals surface area (Å²) in [5.41, 5.74) is 4.28. The highest BCUT2D eigenvalue weighted by atomic mass is 16.5. The SMILES string of the molecule is Cc1cc(/C=C/C#N)c(C)c(C)c1Oc1nc(NC23CC(C#N)(C2)C3)nc2nn(C)cc12. The first-order chi connectivity index (χ1) is 15.3. The third-order valence-corrected chi connectivity index (χ3v) is 6.71. The average Bonchev–Trinajstić information content (AvgIpc) is 3.08. The van der Waals surface area contributed by atoms with Crippen molar-refractivity contribution < 1.29 is 4.74 Å². The zero-order valence-electron chi connectivity index (χ0n) is 18.5. The molecule has 0 unspecified atom stereocenters. The number of ether oxygens (including phenoxy) is 1. The van der Waals surface area contributed by atoms with Crippen LogP contribution in [0.5, 0.6) is 11.6 Å². The molecule has 1 aromatic carbocycles. The van der Waals surface area contributed by atoms with Crippen molar-refractivity contribution >= 4 is 23.1 Å². The van der Waals surface area contributed by atoms with Crippen LogP contribution in [0.25, 0.3) is 17.1 Å². The number of nitrogens with zero attached hydrogens (tertiary/aromatic N) is 6. The molecule has 8 heteroatoms. The van der Waals surface area contributed by atoms with Gasteiger partial charge in [-0.25, -0.2) is 0 Å². The molecule has 2 heterocycles. The van der Waals surface area contributed by atoms with Crippen molar-refractivity contribution in [1.82, 2.24) is 19.7 Å². The molecule has 2 aromatic heterocycles. The van der Waals surface area contributed by atoms with Gasteiger partial charge in [0.15, 0.2) is 5.65 Å². The van der Waals surface area contributed by atoms with Crippen molar-refractivity contribution in [3.63, 3.8) is 0 Å². The van der Waals surface area contributed by atoms with E-state index >= 15 is 0 Å². The number of benzene rings is 1. The summed E-state index contributed by atoms with van der Waals surface area (Å²) in [5, 5.41) is 26.8. The fourth-order valence-corrected chi connectivity index (χ4v) is 5.05. The van der Waals surface area contributed by atoms with Gasteiger partial charge in [0.1, 0.15) is 11.1 Å². The third kappa shape index (κ3) is 2.99. The van der Waals surface area contributed by atoms with Gasteiger partial charge in [-0.2, -0.15) is 25.6 Å². The molecule has 1 N–H and O–H groups in total. The van der Waals surface area contributed by atoms with Gasteiger partial charge in [-0.05, 0) is 74.4 Å². The Balaban J connectivity index is 1.52. The molecule has 2 bridgehead atoms. The predicted octanol–water partition coefficient (Wildman–Crippen LogP) is 4.48. The van der Waals surface area contributed by atoms with E-state index in [1.54, 1.807) is 4.68 Å². The first-order valence-electron chi connectivity index (χ1n) is 10.5. The van der Waals surface area contributed by atoms with Crippen molar-refractivity contribution in [3.8, 4) is 23.8 Å². The lowest BCUT2D eigenvalue weighted by atomic mass is 9.40. The molecule has 3 fully saturated rings. The lowest BCUT2D eigenvalue weighted by Gasteiger charge is -2.66. The highest BCUT2D eigenvalue weighted by molar-refractivity contribution is 5.81. The lowest BCUT2D eigenvalue weighted by molar-refractivity contribution is -0.0665. The number of nitriles is 2. The number of aryl methyl sites for hydroxylation is 2. The number of allylic oxidation sites excluding steroid dienone is 1. The number of hydrogen-bond acceptors (Lipinski definition) is 7. The van der Waals surface area contributed by atoms with Crippen molar-refractivity contribution in [2.75, 3.05) is 5.32 Å². The zero-order chi connectivity index (χ0) is 22.7. The van der Waals surface area contributed by atoms with Crippen LogP contribution in [0.4, 0.5) is 5.95 Å². The minimum atomic E-state index is -0.158. The first-order valence-corrected chi connectivity index (χ1v) is 10.5. The van der Waals surface area contributed by atoms with Crippen LogP contribution in [-0.2, 0) is 7.05 Å². The summed E-state index contributed by atoms with van der Waals surface area (Å²) >= 11 is 0. The largest absolute Gasteiger partial charge is 0.437 e. The van der Waals surface area contributed by atoms with Gasteiger partial charge in [0.25, 0.3) is 0 Å². The quantitative estimate of drug-likeness (QED) is 0.600. The van der Waals surface area contributed by atoms with Crippen LogP contribution in [0, 0.1) is 48.8 Å². The van der Waals surface area contributed by atoms with Crippen molar-refractivity contribution in [2.45, 2.75) is 45.6 Å². The average molecular weight is 425 g/mol. The molecule has 0 spiro atoms. The number of aromatic nitrogens is 4. The highest BCUT2D eigenvalue weighted by Crippen LogP contribution is 2.67. The molecule has 8 nitrogen and oxygen atoms in total. The van der Waals surface area contributed by atoms with Gasteiger partial charge in [-0.15, -0.1) is 0 Å². The molecule has 0 saturated heterocycles. The van der Waals surface area contributed by atoms with E-state index in [-0.39, 0.29) is 11.0 Å². The fraction of sp³-hybridized carbons (Fsp3) is 0.375. The van der Waals surface area contributed by atoms with E-state index in [9.17, 15) is 5.26 Å². The second kappa shape index (κ2) is 6.80. The lowest BCUT2D eigenvalue weighted by Crippen LogP contribution is -2.70. The number of nitrogens with one attached hydrogen (secondary N) is 1. The topological polar surface area (TPSA) is 112 Å². The Labute approximate surface area is 186 Å². The van der Waals surface area contributed by atoms with E-state index in [1.807, 2.05) is 52.2 Å². The van der Waals surface area contributed by atoms with Gasteiger partial charge in [0, 0.05) is 24.9 Å². The molecule has 0 amide bonds. The molecule has 3 saturated carbocycles. The monoisotopic (exact) mass is 425 g/mol. The van der Waals surface area contributed by atoms with E-state index in [4.69, 9.17) is 15.0 Å². The fourth-order valence-electron chi connectivity index (χ4n) is 5.05. The number of rotatable bonds is 5. The van der Waals surface area contributed by atoms with Gasteiger partial charge in [0.05, 0.1) is 17.6 Å². The minimum Gasteiger partial charge on any atom is -0.437 e. The molecule has 3 aliphatic carbocycles. The summed E-state index contributed by atoms with van der Waals surface area (Å²) in [6, 6.07) is 6.47. The zero-order valence-corrected chi connectivity index (χ0v) is 18.5. The van der Waals surface area contributed by atoms with E-state index in [0.29, 0.717) is 17.5 Å². The Morgan fingerprint density at radius 1 is 1.16 bits per heavy atom. The van der Waals surface area contributed by atoms with Crippen LogP contribution in [0.3, 0.4) is 0 Å². The van der Waals surface area contributed by atoms with E-state index < -0.39 is 0 Å². The number of fused-ring (bicyclic) bond motifs is 1. The Bertz CT molecular complexity index is 1370. The number of anilines is 1.